The van der Waals surface area contributed by atoms with Crippen LogP contribution in [-0.4, -0.2) is 36.8 Å². The van der Waals surface area contributed by atoms with Crippen molar-refractivity contribution < 1.29 is 23.7 Å². The fraction of sp³-hybridized carbons (Fsp3) is 0.762. The van der Waals surface area contributed by atoms with E-state index in [1.54, 1.807) is 5.57 Å². The zero-order chi connectivity index (χ0) is 79.6. The Balaban J connectivity index is 0.000000133. The third kappa shape index (κ3) is 14.7. The maximum absolute atomic E-state index is 6.97. The lowest BCUT2D eigenvalue weighted by molar-refractivity contribution is -0.273. The van der Waals surface area contributed by atoms with E-state index in [-0.39, 0.29) is 29.5 Å². The van der Waals surface area contributed by atoms with E-state index in [1.165, 1.54) is 166 Å². The first-order valence-electron chi connectivity index (χ1n) is 46.4. The number of hydrogen-bond acceptors (Lipinski definition) is 11. The van der Waals surface area contributed by atoms with Crippen LogP contribution in [0.3, 0.4) is 0 Å². The summed E-state index contributed by atoms with van der Waals surface area (Å²) in [4.78, 5) is 0. The van der Waals surface area contributed by atoms with Crippen LogP contribution in [0.15, 0.2) is 89.0 Å². The molecule has 9 saturated carbocycles. The molecule has 0 aromatic heterocycles. The summed E-state index contributed by atoms with van der Waals surface area (Å²) in [5, 5.41) is 0. The van der Waals surface area contributed by atoms with Crippen molar-refractivity contribution in [2.24, 2.45) is 139 Å². The molecule has 112 heavy (non-hydrogen) atoms. The molecule has 3 aromatic rings. The first-order chi connectivity index (χ1) is 53.1. The van der Waals surface area contributed by atoms with Crippen molar-refractivity contribution in [3.05, 3.63) is 89.0 Å². The minimum absolute atomic E-state index is 0.0950. The van der Waals surface area contributed by atoms with Crippen molar-refractivity contribution >= 4 is 34.1 Å². The molecular weight excluding hydrogens is 1380 g/mol. The number of nitrogen functional groups attached to an aromatic ring is 6. The highest BCUT2D eigenvalue weighted by molar-refractivity contribution is 5.62. The molecule has 2 aliphatic heterocycles. The van der Waals surface area contributed by atoms with E-state index in [1.807, 2.05) is 65.7 Å². The largest absolute Gasteiger partial charge is 0.488 e. The van der Waals surface area contributed by atoms with Crippen LogP contribution in [0.4, 0.5) is 34.1 Å². The number of benzene rings is 3. The van der Waals surface area contributed by atoms with Gasteiger partial charge < -0.3 is 58.1 Å². The van der Waals surface area contributed by atoms with Gasteiger partial charge in [-0.3, -0.25) is 0 Å². The van der Waals surface area contributed by atoms with E-state index in [0.717, 1.165) is 139 Å². The van der Waals surface area contributed by atoms with Gasteiger partial charge in [0.05, 0.1) is 35.9 Å². The summed E-state index contributed by atoms with van der Waals surface area (Å²) in [6, 6.07) is 17.0. The molecule has 620 valence electrons. The minimum atomic E-state index is -0.303. The topological polar surface area (TPSA) is 202 Å². The van der Waals surface area contributed by atoms with Gasteiger partial charge >= 0.3 is 0 Å². The van der Waals surface area contributed by atoms with Crippen LogP contribution in [0.25, 0.3) is 0 Å². The number of ether oxygens (including phenoxy) is 5. The normalized spacial score (nSPS) is 42.3. The lowest BCUT2D eigenvalue weighted by atomic mass is 9.44. The second-order valence-corrected chi connectivity index (χ2v) is 43.9. The zero-order valence-electron chi connectivity index (χ0n) is 73.1. The summed E-state index contributed by atoms with van der Waals surface area (Å²) in [5.74, 6) is 15.6. The average Bonchev–Trinajstić information content (AvgIpc) is 1.50. The quantitative estimate of drug-likeness (QED) is 0.0624. The lowest BCUT2D eigenvalue weighted by Gasteiger charge is -2.61. The van der Waals surface area contributed by atoms with Crippen LogP contribution in [0, 0.1) is 139 Å². The van der Waals surface area contributed by atoms with Gasteiger partial charge in [0, 0.05) is 41.2 Å². The Morgan fingerprint density at radius 3 is 1.80 bits per heavy atom. The van der Waals surface area contributed by atoms with Gasteiger partial charge in [0.1, 0.15) is 29.5 Å². The van der Waals surface area contributed by atoms with E-state index in [9.17, 15) is 0 Å². The van der Waals surface area contributed by atoms with Gasteiger partial charge in [0.15, 0.2) is 5.79 Å². The predicted molar refractivity (Wildman–Crippen MR) is 466 cm³/mol. The molecule has 1 spiro atoms. The Labute approximate surface area is 679 Å². The SMILES string of the molecule is CC(C)=CCCC(C)C1CCC2C3=C(CCC21C)C1(C)CCC(Oc2ccc(N)cc2N)C(C)(C)C1CC3.CC(C)CCCC(C)C1CCC2C3CC=C4CC(Oc5ccc(N)cc5N)CCC4(C)C3CCC12C.CC1CCC2(OC1)OC1CC3C4CCC5CC(Oc6ccc(N)cc6N)CCC5(C)C4CCC3(C)C1C2C. The van der Waals surface area contributed by atoms with Crippen LogP contribution < -0.4 is 48.6 Å². The van der Waals surface area contributed by atoms with Crippen molar-refractivity contribution in [3.8, 4) is 17.2 Å². The summed E-state index contributed by atoms with van der Waals surface area (Å²) in [6.07, 6.45) is 46.6. The molecule has 0 bridgehead atoms. The molecule has 11 nitrogen and oxygen atoms in total. The number of fused-ring (bicyclic) bond motifs is 16. The van der Waals surface area contributed by atoms with E-state index in [2.05, 4.69) is 123 Å². The number of nitrogens with two attached hydrogens (primary N) is 6. The third-order valence-electron chi connectivity index (χ3n) is 36.9. The highest BCUT2D eigenvalue weighted by Gasteiger charge is 2.70. The standard InChI is InChI=1S/C35H54N2O.C33H50N2O3.C33H52N2O/c1-22(2)9-8-10-23(3)26-13-14-27-25-12-16-31-33(4,5)32(38-30-15-11-24(36)21-29(30)37)18-20-35(31,7)28(25)17-19-34(26,27)6;1-19-9-14-33(36-18-19)20(2)30-29(38-33)17-26-24-7-5-21-15-23(37-28-8-6-22(34)16-27(28)35)10-12-31(21,3)25(24)11-13-32(26,30)4;1-21(2)7-6-8-22(3)27-12-13-28-26-11-9-23-19-25(36-31-14-10-24(34)20-30(31)35)15-17-32(23,4)29(26)16-18-33(27,28)5/h9,11,15,21,23,26-27,31-32H,8,10,12-14,16-20,36-37H2,1-7H3;6,8,16,19-21,23-26,29-30H,5,7,9-15,17-18,34-35H2,1-4H3;9-10,14,20-22,25-29H,6-8,11-13,15-19,34-35H2,1-5H3. The van der Waals surface area contributed by atoms with Gasteiger partial charge in [-0.1, -0.05) is 151 Å². The molecule has 12 N–H and O–H groups in total. The van der Waals surface area contributed by atoms with Crippen LogP contribution in [0.5, 0.6) is 17.2 Å². The highest BCUT2D eigenvalue weighted by atomic mass is 16.7. The molecule has 3 aromatic carbocycles. The monoisotopic (exact) mass is 1530 g/mol. The summed E-state index contributed by atoms with van der Waals surface area (Å²) in [6.45, 7) is 40.8. The second kappa shape index (κ2) is 31.4. The molecule has 12 aliphatic carbocycles. The molecule has 27 atom stereocenters. The number of rotatable bonds is 15. The Hall–Kier alpha value is -5.00. The van der Waals surface area contributed by atoms with Crippen molar-refractivity contribution in [2.45, 2.75) is 340 Å². The van der Waals surface area contributed by atoms with Gasteiger partial charge in [-0.05, 0) is 363 Å². The lowest BCUT2D eigenvalue weighted by Crippen LogP contribution is -2.55. The maximum atomic E-state index is 6.97. The number of hydrogen-bond donors (Lipinski definition) is 6. The van der Waals surface area contributed by atoms with E-state index >= 15 is 0 Å². The van der Waals surface area contributed by atoms with Gasteiger partial charge in [0.25, 0.3) is 0 Å². The van der Waals surface area contributed by atoms with Crippen molar-refractivity contribution in [2.75, 3.05) is 41.0 Å². The predicted octanol–water partition coefficient (Wildman–Crippen LogP) is 25.0. The first kappa shape index (κ1) is 82.1. The molecule has 11 fully saturated rings. The average molecular weight is 1530 g/mol. The molecule has 2 saturated heterocycles. The Morgan fingerprint density at radius 2 is 1.14 bits per heavy atom. The summed E-state index contributed by atoms with van der Waals surface area (Å²) >= 11 is 0. The smallest absolute Gasteiger partial charge is 0.171 e. The van der Waals surface area contributed by atoms with Gasteiger partial charge in [-0.15, -0.1) is 0 Å². The van der Waals surface area contributed by atoms with Crippen molar-refractivity contribution in [3.63, 3.8) is 0 Å². The molecular formula is C101H156N6O5. The number of allylic oxidation sites excluding steroid dienone is 5. The summed E-state index contributed by atoms with van der Waals surface area (Å²) in [7, 11) is 0. The molecule has 27 unspecified atom stereocenters. The second-order valence-electron chi connectivity index (χ2n) is 43.9. The van der Waals surface area contributed by atoms with E-state index in [0.29, 0.717) is 96.4 Å². The zero-order valence-corrected chi connectivity index (χ0v) is 73.1. The molecule has 2 heterocycles. The Morgan fingerprint density at radius 1 is 0.536 bits per heavy atom. The van der Waals surface area contributed by atoms with Gasteiger partial charge in [-0.25, -0.2) is 0 Å². The fourth-order valence-electron chi connectivity index (χ4n) is 30.9. The summed E-state index contributed by atoms with van der Waals surface area (Å²) < 4.78 is 33.0. The van der Waals surface area contributed by atoms with Crippen molar-refractivity contribution in [1.29, 1.82) is 0 Å². The molecule has 0 radical (unpaired) electrons. The summed E-state index contributed by atoms with van der Waals surface area (Å²) in [5.41, 5.74) is 50.0. The van der Waals surface area contributed by atoms with Crippen LogP contribution in [-0.2, 0) is 9.47 Å². The molecule has 17 rings (SSSR count). The van der Waals surface area contributed by atoms with Gasteiger partial charge in [-0.2, -0.15) is 0 Å². The van der Waals surface area contributed by atoms with Crippen LogP contribution in [0.1, 0.15) is 310 Å². The fourth-order valence-corrected chi connectivity index (χ4v) is 30.9. The Kier molecular flexibility index (Phi) is 23.0. The Bertz CT molecular complexity index is 3940. The van der Waals surface area contributed by atoms with Crippen LogP contribution in [0.2, 0.25) is 0 Å². The highest BCUT2D eigenvalue weighted by Crippen LogP contribution is 2.74. The molecule has 11 heteroatoms. The van der Waals surface area contributed by atoms with Crippen LogP contribution >= 0.6 is 0 Å². The number of anilines is 6. The minimum Gasteiger partial charge on any atom is -0.488 e. The molecule has 0 amide bonds. The third-order valence-corrected chi connectivity index (χ3v) is 36.9. The first-order valence-corrected chi connectivity index (χ1v) is 46.4. The van der Waals surface area contributed by atoms with E-state index in [4.69, 9.17) is 58.1 Å². The molecule has 14 aliphatic rings. The van der Waals surface area contributed by atoms with Crippen molar-refractivity contribution in [1.82, 2.24) is 0 Å². The maximum Gasteiger partial charge on any atom is 0.171 e. The van der Waals surface area contributed by atoms with Gasteiger partial charge in [0.2, 0.25) is 0 Å². The van der Waals surface area contributed by atoms with E-state index < -0.39 is 0 Å².